The summed E-state index contributed by atoms with van der Waals surface area (Å²) >= 11 is 7.13. The lowest BCUT2D eigenvalue weighted by Gasteiger charge is -1.96. The molecule has 0 aromatic carbocycles. The van der Waals surface area contributed by atoms with E-state index in [1.807, 2.05) is 12.3 Å². The summed E-state index contributed by atoms with van der Waals surface area (Å²) in [4.78, 5) is 15.3. The van der Waals surface area contributed by atoms with Gasteiger partial charge < -0.3 is 0 Å². The van der Waals surface area contributed by atoms with Crippen LogP contribution in [0, 0.1) is 6.92 Å². The van der Waals surface area contributed by atoms with Crippen LogP contribution in [-0.4, -0.2) is 20.7 Å². The maximum absolute atomic E-state index is 11.2. The number of thiazole rings is 1. The minimum Gasteiger partial charge on any atom is -0.288 e. The van der Waals surface area contributed by atoms with Crippen molar-refractivity contribution in [3.8, 4) is 0 Å². The minimum absolute atomic E-state index is 0.331. The normalized spacial score (nSPS) is 10.5. The van der Waals surface area contributed by atoms with Gasteiger partial charge in [0.05, 0.1) is 23.0 Å². The molecule has 2 aromatic rings. The van der Waals surface area contributed by atoms with Crippen molar-refractivity contribution in [2.75, 3.05) is 0 Å². The first-order chi connectivity index (χ1) is 8.10. The number of halogens is 1. The number of hydrogen-bond acceptors (Lipinski definition) is 5. The maximum atomic E-state index is 11.2. The average Bonchev–Trinajstić information content (AvgIpc) is 2.87. The molecule has 1 amide bonds. The molecule has 0 fully saturated rings. The van der Waals surface area contributed by atoms with Gasteiger partial charge in [-0.05, 0) is 6.92 Å². The topological polar surface area (TPSA) is 85.8 Å². The van der Waals surface area contributed by atoms with Gasteiger partial charge in [0.2, 0.25) is 0 Å². The van der Waals surface area contributed by atoms with Crippen LogP contribution < -0.4 is 11.3 Å². The van der Waals surface area contributed by atoms with Gasteiger partial charge in [-0.1, -0.05) is 11.6 Å². The molecule has 2 rings (SSSR count). The molecule has 0 atom stereocenters. The van der Waals surface area contributed by atoms with Crippen LogP contribution in [-0.2, 0) is 6.54 Å². The van der Waals surface area contributed by atoms with Gasteiger partial charge in [0, 0.05) is 11.6 Å². The summed E-state index contributed by atoms with van der Waals surface area (Å²) in [7, 11) is 0. The van der Waals surface area contributed by atoms with Crippen LogP contribution in [0.5, 0.6) is 0 Å². The monoisotopic (exact) mass is 271 g/mol. The van der Waals surface area contributed by atoms with E-state index >= 15 is 0 Å². The number of nitrogens with two attached hydrogens (primary N) is 1. The molecular weight excluding hydrogens is 262 g/mol. The number of rotatable bonds is 3. The summed E-state index contributed by atoms with van der Waals surface area (Å²) in [5, 5.41) is 6.93. The van der Waals surface area contributed by atoms with E-state index in [9.17, 15) is 4.79 Å². The Morgan fingerprint density at radius 3 is 3.06 bits per heavy atom. The van der Waals surface area contributed by atoms with Crippen molar-refractivity contribution in [3.63, 3.8) is 0 Å². The van der Waals surface area contributed by atoms with E-state index < -0.39 is 5.91 Å². The second kappa shape index (κ2) is 4.82. The molecule has 0 aliphatic carbocycles. The summed E-state index contributed by atoms with van der Waals surface area (Å²) in [6.07, 6.45) is 1.72. The predicted molar refractivity (Wildman–Crippen MR) is 64.8 cm³/mol. The average molecular weight is 272 g/mol. The predicted octanol–water partition coefficient (Wildman–Crippen LogP) is 0.953. The van der Waals surface area contributed by atoms with Crippen LogP contribution in [0.4, 0.5) is 0 Å². The fourth-order valence-electron chi connectivity index (χ4n) is 1.29. The number of nitrogens with zero attached hydrogens (tertiary/aromatic N) is 3. The highest BCUT2D eigenvalue weighted by Crippen LogP contribution is 2.15. The standard InChI is InChI=1S/C9H10ClN5OS/c1-5-7(10)3-15(14-5)2-6-4-17-9(12-6)8(16)13-11/h3-4H,2,11H2,1H3,(H,13,16). The summed E-state index contributed by atoms with van der Waals surface area (Å²) in [5.74, 6) is 4.63. The van der Waals surface area contributed by atoms with Gasteiger partial charge in [-0.25, -0.2) is 10.8 Å². The van der Waals surface area contributed by atoms with Gasteiger partial charge in [-0.2, -0.15) is 5.10 Å². The summed E-state index contributed by atoms with van der Waals surface area (Å²) < 4.78 is 1.68. The summed E-state index contributed by atoms with van der Waals surface area (Å²) in [5.41, 5.74) is 3.55. The van der Waals surface area contributed by atoms with Crippen molar-refractivity contribution >= 4 is 28.8 Å². The molecule has 2 aromatic heterocycles. The third-order valence-electron chi connectivity index (χ3n) is 2.09. The lowest BCUT2D eigenvalue weighted by Crippen LogP contribution is -2.29. The molecule has 90 valence electrons. The van der Waals surface area contributed by atoms with E-state index in [-0.39, 0.29) is 0 Å². The van der Waals surface area contributed by atoms with E-state index in [1.54, 1.807) is 16.3 Å². The van der Waals surface area contributed by atoms with Gasteiger partial charge in [0.1, 0.15) is 0 Å². The number of hydrogen-bond donors (Lipinski definition) is 2. The molecule has 0 saturated carbocycles. The van der Waals surface area contributed by atoms with Crippen LogP contribution >= 0.6 is 22.9 Å². The molecular formula is C9H10ClN5OS. The van der Waals surface area contributed by atoms with E-state index in [0.29, 0.717) is 16.6 Å². The molecule has 3 N–H and O–H groups in total. The number of nitrogens with one attached hydrogen (secondary N) is 1. The van der Waals surface area contributed by atoms with E-state index in [4.69, 9.17) is 17.4 Å². The van der Waals surface area contributed by atoms with E-state index in [0.717, 1.165) is 11.4 Å². The number of amides is 1. The molecule has 8 heteroatoms. The van der Waals surface area contributed by atoms with Crippen molar-refractivity contribution in [3.05, 3.63) is 33.0 Å². The Morgan fingerprint density at radius 1 is 1.71 bits per heavy atom. The molecule has 2 heterocycles. The van der Waals surface area contributed by atoms with Crippen molar-refractivity contribution in [1.29, 1.82) is 0 Å². The molecule has 0 unspecified atom stereocenters. The van der Waals surface area contributed by atoms with Crippen LogP contribution in [0.2, 0.25) is 5.02 Å². The number of nitrogen functional groups attached to an aromatic ring is 1. The van der Waals surface area contributed by atoms with E-state index in [1.165, 1.54) is 11.3 Å². The zero-order chi connectivity index (χ0) is 12.4. The second-order valence-corrected chi connectivity index (χ2v) is 4.64. The number of aryl methyl sites for hydroxylation is 1. The van der Waals surface area contributed by atoms with Gasteiger partial charge in [-0.15, -0.1) is 11.3 Å². The van der Waals surface area contributed by atoms with Crippen molar-refractivity contribution in [2.45, 2.75) is 13.5 Å². The number of carbonyl (C=O) groups is 1. The first-order valence-electron chi connectivity index (χ1n) is 4.75. The third-order valence-corrected chi connectivity index (χ3v) is 3.35. The highest BCUT2D eigenvalue weighted by atomic mass is 35.5. The smallest absolute Gasteiger partial charge is 0.288 e. The highest BCUT2D eigenvalue weighted by molar-refractivity contribution is 7.11. The van der Waals surface area contributed by atoms with Crippen molar-refractivity contribution < 1.29 is 4.79 Å². The molecule has 0 aliphatic rings. The number of hydrazine groups is 1. The first kappa shape index (κ1) is 12.0. The Bertz CT molecular complexity index is 530. The Kier molecular flexibility index (Phi) is 3.41. The molecule has 6 nitrogen and oxygen atoms in total. The highest BCUT2D eigenvalue weighted by Gasteiger charge is 2.10. The molecule has 0 bridgehead atoms. The van der Waals surface area contributed by atoms with Gasteiger partial charge >= 0.3 is 0 Å². The fraction of sp³-hybridized carbons (Fsp3) is 0.222. The quantitative estimate of drug-likeness (QED) is 0.494. The minimum atomic E-state index is -0.393. The van der Waals surface area contributed by atoms with Crippen molar-refractivity contribution in [2.24, 2.45) is 5.84 Å². The van der Waals surface area contributed by atoms with Gasteiger partial charge in [0.25, 0.3) is 5.91 Å². The molecule has 17 heavy (non-hydrogen) atoms. The SMILES string of the molecule is Cc1nn(Cc2csc(C(=O)NN)n2)cc1Cl. The van der Waals surface area contributed by atoms with Crippen LogP contribution in [0.25, 0.3) is 0 Å². The maximum Gasteiger partial charge on any atom is 0.294 e. The number of aromatic nitrogens is 3. The lowest BCUT2D eigenvalue weighted by molar-refractivity contribution is 0.0953. The fourth-order valence-corrected chi connectivity index (χ4v) is 2.15. The van der Waals surface area contributed by atoms with Gasteiger partial charge in [0.15, 0.2) is 5.01 Å². The van der Waals surface area contributed by atoms with E-state index in [2.05, 4.69) is 10.1 Å². The van der Waals surface area contributed by atoms with Gasteiger partial charge in [-0.3, -0.25) is 14.9 Å². The zero-order valence-corrected chi connectivity index (χ0v) is 10.5. The summed E-state index contributed by atoms with van der Waals surface area (Å²) in [6.45, 7) is 2.30. The number of carbonyl (C=O) groups excluding carboxylic acids is 1. The van der Waals surface area contributed by atoms with Crippen LogP contribution in [0.3, 0.4) is 0 Å². The lowest BCUT2D eigenvalue weighted by atomic mass is 10.5. The molecule has 0 saturated heterocycles. The van der Waals surface area contributed by atoms with Crippen molar-refractivity contribution in [1.82, 2.24) is 20.2 Å². The third kappa shape index (κ3) is 2.63. The zero-order valence-electron chi connectivity index (χ0n) is 8.98. The molecule has 0 aliphatic heterocycles. The summed E-state index contributed by atoms with van der Waals surface area (Å²) in [6, 6.07) is 0. The Balaban J connectivity index is 2.14. The van der Waals surface area contributed by atoms with Crippen LogP contribution in [0.1, 0.15) is 21.2 Å². The second-order valence-electron chi connectivity index (χ2n) is 3.38. The Labute approximate surface area is 106 Å². The van der Waals surface area contributed by atoms with Crippen LogP contribution in [0.15, 0.2) is 11.6 Å². The Morgan fingerprint density at radius 2 is 2.47 bits per heavy atom. The molecule has 0 spiro atoms. The first-order valence-corrected chi connectivity index (χ1v) is 6.01. The molecule has 0 radical (unpaired) electrons. The largest absolute Gasteiger partial charge is 0.294 e. The Hall–Kier alpha value is -1.44.